The summed E-state index contributed by atoms with van der Waals surface area (Å²) in [4.78, 5) is 6.99. The summed E-state index contributed by atoms with van der Waals surface area (Å²) < 4.78 is 5.56. The molecule has 106 valence electrons. The second-order valence-corrected chi connectivity index (χ2v) is 6.01. The first kappa shape index (κ1) is 14.5. The third kappa shape index (κ3) is 3.34. The van der Waals surface area contributed by atoms with Crippen molar-refractivity contribution in [3.8, 4) is 0 Å². The quantitative estimate of drug-likeness (QED) is 0.815. The van der Waals surface area contributed by atoms with Crippen molar-refractivity contribution in [1.82, 2.24) is 9.88 Å². The Labute approximate surface area is 117 Å². The molecular weight excluding hydrogens is 236 g/mol. The summed E-state index contributed by atoms with van der Waals surface area (Å²) in [5.41, 5.74) is 2.44. The number of nitrogens with zero attached hydrogens (tertiary/aromatic N) is 2. The SMILES string of the molecule is CCOCC1CCN(C(C)(C)c2ccc(C)nc2)C1. The van der Waals surface area contributed by atoms with Crippen LogP contribution in [0.2, 0.25) is 0 Å². The van der Waals surface area contributed by atoms with Crippen LogP contribution in [0.5, 0.6) is 0 Å². The molecule has 1 fully saturated rings. The van der Waals surface area contributed by atoms with Crippen molar-refractivity contribution in [2.75, 3.05) is 26.3 Å². The summed E-state index contributed by atoms with van der Waals surface area (Å²) in [5.74, 6) is 0.678. The van der Waals surface area contributed by atoms with Crippen LogP contribution >= 0.6 is 0 Å². The fraction of sp³-hybridized carbons (Fsp3) is 0.688. The Bertz CT molecular complexity index is 400. The number of hydrogen-bond donors (Lipinski definition) is 0. The summed E-state index contributed by atoms with van der Waals surface area (Å²) in [6, 6.07) is 4.31. The largest absolute Gasteiger partial charge is 0.381 e. The molecule has 2 rings (SSSR count). The van der Waals surface area contributed by atoms with E-state index in [1.165, 1.54) is 12.0 Å². The van der Waals surface area contributed by atoms with Gasteiger partial charge in [-0.15, -0.1) is 0 Å². The van der Waals surface area contributed by atoms with Gasteiger partial charge in [0.05, 0.1) is 6.61 Å². The highest BCUT2D eigenvalue weighted by atomic mass is 16.5. The first-order chi connectivity index (χ1) is 9.04. The summed E-state index contributed by atoms with van der Waals surface area (Å²) in [7, 11) is 0. The van der Waals surface area contributed by atoms with Gasteiger partial charge >= 0.3 is 0 Å². The molecule has 2 heterocycles. The van der Waals surface area contributed by atoms with Crippen molar-refractivity contribution in [3.05, 3.63) is 29.6 Å². The van der Waals surface area contributed by atoms with Crippen molar-refractivity contribution >= 4 is 0 Å². The highest BCUT2D eigenvalue weighted by Gasteiger charge is 2.34. The van der Waals surface area contributed by atoms with Crippen LogP contribution < -0.4 is 0 Å². The van der Waals surface area contributed by atoms with Crippen LogP contribution in [0.15, 0.2) is 18.3 Å². The summed E-state index contributed by atoms with van der Waals surface area (Å²) in [6.45, 7) is 12.7. The molecule has 1 aromatic rings. The number of rotatable bonds is 5. The fourth-order valence-corrected chi connectivity index (χ4v) is 2.77. The zero-order valence-corrected chi connectivity index (χ0v) is 12.6. The molecule has 1 aliphatic heterocycles. The molecule has 1 aliphatic rings. The smallest absolute Gasteiger partial charge is 0.0506 e. The molecule has 0 aliphatic carbocycles. The van der Waals surface area contributed by atoms with Crippen molar-refractivity contribution < 1.29 is 4.74 Å². The molecule has 1 saturated heterocycles. The van der Waals surface area contributed by atoms with Gasteiger partial charge in [0, 0.05) is 30.6 Å². The van der Waals surface area contributed by atoms with Crippen LogP contribution in [-0.2, 0) is 10.3 Å². The Kier molecular flexibility index (Phi) is 4.58. The average molecular weight is 262 g/mol. The normalized spacial score (nSPS) is 20.9. The van der Waals surface area contributed by atoms with E-state index < -0.39 is 0 Å². The van der Waals surface area contributed by atoms with E-state index in [-0.39, 0.29) is 5.54 Å². The molecule has 1 atom stereocenters. The second-order valence-electron chi connectivity index (χ2n) is 6.01. The maximum Gasteiger partial charge on any atom is 0.0506 e. The average Bonchev–Trinajstić information content (AvgIpc) is 2.86. The van der Waals surface area contributed by atoms with E-state index in [1.807, 2.05) is 13.1 Å². The minimum Gasteiger partial charge on any atom is -0.381 e. The van der Waals surface area contributed by atoms with E-state index >= 15 is 0 Å². The maximum atomic E-state index is 5.56. The lowest BCUT2D eigenvalue weighted by atomic mass is 9.94. The Morgan fingerprint density at radius 2 is 2.21 bits per heavy atom. The van der Waals surface area contributed by atoms with Crippen LogP contribution in [0.4, 0.5) is 0 Å². The van der Waals surface area contributed by atoms with E-state index in [1.54, 1.807) is 0 Å². The number of hydrogen-bond acceptors (Lipinski definition) is 3. The predicted octanol–water partition coefficient (Wildman–Crippen LogP) is 2.98. The zero-order chi connectivity index (χ0) is 13.9. The lowest BCUT2D eigenvalue weighted by molar-refractivity contribution is 0.0977. The van der Waals surface area contributed by atoms with E-state index in [0.29, 0.717) is 5.92 Å². The summed E-state index contributed by atoms with van der Waals surface area (Å²) in [5, 5.41) is 0. The van der Waals surface area contributed by atoms with E-state index in [9.17, 15) is 0 Å². The molecule has 1 unspecified atom stereocenters. The molecule has 3 nitrogen and oxygen atoms in total. The monoisotopic (exact) mass is 262 g/mol. The summed E-state index contributed by atoms with van der Waals surface area (Å²) in [6.07, 6.45) is 3.26. The number of likely N-dealkylation sites (tertiary alicyclic amines) is 1. The molecule has 0 N–H and O–H groups in total. The topological polar surface area (TPSA) is 25.4 Å². The Morgan fingerprint density at radius 1 is 1.42 bits per heavy atom. The lowest BCUT2D eigenvalue weighted by Crippen LogP contribution is -2.40. The minimum absolute atomic E-state index is 0.0572. The molecule has 0 bridgehead atoms. The van der Waals surface area contributed by atoms with Gasteiger partial charge in [0.25, 0.3) is 0 Å². The van der Waals surface area contributed by atoms with Gasteiger partial charge in [-0.05, 0) is 58.2 Å². The van der Waals surface area contributed by atoms with Gasteiger partial charge in [0.1, 0.15) is 0 Å². The van der Waals surface area contributed by atoms with Crippen molar-refractivity contribution in [2.24, 2.45) is 5.92 Å². The summed E-state index contributed by atoms with van der Waals surface area (Å²) >= 11 is 0. The molecule has 0 spiro atoms. The molecule has 19 heavy (non-hydrogen) atoms. The first-order valence-corrected chi connectivity index (χ1v) is 7.30. The highest BCUT2D eigenvalue weighted by molar-refractivity contribution is 5.21. The number of aromatic nitrogens is 1. The molecule has 0 radical (unpaired) electrons. The molecular formula is C16H26N2O. The Hall–Kier alpha value is -0.930. The van der Waals surface area contributed by atoms with Crippen molar-refractivity contribution in [2.45, 2.75) is 39.7 Å². The Morgan fingerprint density at radius 3 is 2.84 bits per heavy atom. The van der Waals surface area contributed by atoms with Crippen molar-refractivity contribution in [1.29, 1.82) is 0 Å². The number of pyridine rings is 1. The van der Waals surface area contributed by atoms with E-state index in [2.05, 4.69) is 42.8 Å². The minimum atomic E-state index is 0.0572. The van der Waals surface area contributed by atoms with Gasteiger partial charge in [-0.3, -0.25) is 9.88 Å². The predicted molar refractivity (Wildman–Crippen MR) is 78.2 cm³/mol. The number of aryl methyl sites for hydroxylation is 1. The van der Waals surface area contributed by atoms with E-state index in [0.717, 1.165) is 32.0 Å². The van der Waals surface area contributed by atoms with Crippen LogP contribution in [0.1, 0.15) is 38.4 Å². The Balaban J connectivity index is 2.02. The molecule has 0 amide bonds. The third-order valence-corrected chi connectivity index (χ3v) is 4.25. The fourth-order valence-electron chi connectivity index (χ4n) is 2.77. The van der Waals surface area contributed by atoms with Crippen LogP contribution in [0, 0.1) is 12.8 Å². The van der Waals surface area contributed by atoms with Gasteiger partial charge < -0.3 is 4.74 Å². The molecule has 3 heteroatoms. The molecule has 1 aromatic heterocycles. The third-order valence-electron chi connectivity index (χ3n) is 4.25. The standard InChI is InChI=1S/C16H26N2O/c1-5-19-12-14-8-9-18(11-14)16(3,4)15-7-6-13(2)17-10-15/h6-7,10,14H,5,8-9,11-12H2,1-4H3. The molecule has 0 aromatic carbocycles. The lowest BCUT2D eigenvalue weighted by Gasteiger charge is -2.36. The molecule has 0 saturated carbocycles. The van der Waals surface area contributed by atoms with E-state index in [4.69, 9.17) is 4.74 Å². The van der Waals surface area contributed by atoms with Gasteiger partial charge in [-0.1, -0.05) is 6.07 Å². The van der Waals surface area contributed by atoms with Gasteiger partial charge in [-0.25, -0.2) is 0 Å². The first-order valence-electron chi connectivity index (χ1n) is 7.30. The van der Waals surface area contributed by atoms with Crippen LogP contribution in [0.3, 0.4) is 0 Å². The number of ether oxygens (including phenoxy) is 1. The second kappa shape index (κ2) is 6.02. The van der Waals surface area contributed by atoms with Gasteiger partial charge in [0.15, 0.2) is 0 Å². The highest BCUT2D eigenvalue weighted by Crippen LogP contribution is 2.32. The maximum absolute atomic E-state index is 5.56. The van der Waals surface area contributed by atoms with Gasteiger partial charge in [-0.2, -0.15) is 0 Å². The van der Waals surface area contributed by atoms with Crippen LogP contribution in [-0.4, -0.2) is 36.2 Å². The van der Waals surface area contributed by atoms with Crippen molar-refractivity contribution in [3.63, 3.8) is 0 Å². The van der Waals surface area contributed by atoms with Gasteiger partial charge in [0.2, 0.25) is 0 Å². The zero-order valence-electron chi connectivity index (χ0n) is 12.6. The van der Waals surface area contributed by atoms with Crippen LogP contribution in [0.25, 0.3) is 0 Å².